The van der Waals surface area contributed by atoms with Crippen LogP contribution in [0.25, 0.3) is 0 Å². The van der Waals surface area contributed by atoms with Crippen LogP contribution in [0.5, 0.6) is 0 Å². The lowest BCUT2D eigenvalue weighted by atomic mass is 10.4. The molecule has 2 N–H and O–H groups in total. The molecule has 1 aliphatic carbocycles. The maximum Gasteiger partial charge on any atom is 0.242 e. The van der Waals surface area contributed by atoms with Gasteiger partial charge in [-0.25, -0.2) is 4.99 Å². The van der Waals surface area contributed by atoms with Crippen molar-refractivity contribution >= 4 is 11.9 Å². The van der Waals surface area contributed by atoms with E-state index in [4.69, 9.17) is 0 Å². The minimum absolute atomic E-state index is 0.0436. The number of rotatable bonds is 4. The first-order chi connectivity index (χ1) is 8.29. The lowest BCUT2D eigenvalue weighted by Crippen LogP contribution is -2.40. The van der Waals surface area contributed by atoms with Crippen LogP contribution in [0.15, 0.2) is 4.99 Å². The van der Waals surface area contributed by atoms with Gasteiger partial charge in [-0.05, 0) is 32.6 Å². The Morgan fingerprint density at radius 3 is 2.65 bits per heavy atom. The summed E-state index contributed by atoms with van der Waals surface area (Å²) in [6.45, 7) is 5.25. The molecule has 0 atom stereocenters. The molecule has 1 aliphatic heterocycles. The molecule has 17 heavy (non-hydrogen) atoms. The molecule has 1 saturated carbocycles. The van der Waals surface area contributed by atoms with Crippen LogP contribution in [0.4, 0.5) is 0 Å². The molecule has 0 unspecified atom stereocenters. The van der Waals surface area contributed by atoms with Crippen molar-refractivity contribution in [3.8, 4) is 0 Å². The number of carbonyl (C=O) groups is 1. The highest BCUT2D eigenvalue weighted by Crippen LogP contribution is 2.18. The predicted molar refractivity (Wildman–Crippen MR) is 68.0 cm³/mol. The monoisotopic (exact) mass is 238 g/mol. The Hall–Kier alpha value is -1.26. The summed E-state index contributed by atoms with van der Waals surface area (Å²) in [5, 5.41) is 6.19. The SMILES string of the molecule is CCNC(=NCC(=O)NC1CC1)N1CCCC1. The number of hydrogen-bond acceptors (Lipinski definition) is 2. The van der Waals surface area contributed by atoms with Crippen molar-refractivity contribution in [3.05, 3.63) is 0 Å². The largest absolute Gasteiger partial charge is 0.357 e. The smallest absolute Gasteiger partial charge is 0.242 e. The standard InChI is InChI=1S/C12H22N4O/c1-2-13-12(16-7-3-4-8-16)14-9-11(17)15-10-5-6-10/h10H,2-9H2,1H3,(H,13,14)(H,15,17). The van der Waals surface area contributed by atoms with Crippen LogP contribution in [0, 0.1) is 0 Å². The second kappa shape index (κ2) is 5.89. The fourth-order valence-corrected chi connectivity index (χ4v) is 2.00. The number of guanidine groups is 1. The van der Waals surface area contributed by atoms with Crippen LogP contribution in [-0.4, -0.2) is 49.0 Å². The van der Waals surface area contributed by atoms with Crippen molar-refractivity contribution in [3.63, 3.8) is 0 Å². The number of hydrogen-bond donors (Lipinski definition) is 2. The molecule has 2 rings (SSSR count). The van der Waals surface area contributed by atoms with Gasteiger partial charge in [0.15, 0.2) is 5.96 Å². The lowest BCUT2D eigenvalue weighted by Gasteiger charge is -2.20. The van der Waals surface area contributed by atoms with Crippen LogP contribution < -0.4 is 10.6 Å². The predicted octanol–water partition coefficient (Wildman–Crippen LogP) is 0.326. The molecule has 0 aromatic rings. The van der Waals surface area contributed by atoms with Crippen LogP contribution in [0.1, 0.15) is 32.6 Å². The zero-order valence-corrected chi connectivity index (χ0v) is 10.5. The third-order valence-corrected chi connectivity index (χ3v) is 3.06. The normalized spacial score (nSPS) is 20.5. The molecule has 1 heterocycles. The average molecular weight is 238 g/mol. The van der Waals surface area contributed by atoms with E-state index in [2.05, 4.69) is 27.4 Å². The lowest BCUT2D eigenvalue weighted by molar-refractivity contribution is -0.119. The van der Waals surface area contributed by atoms with Crippen molar-refractivity contribution in [1.82, 2.24) is 15.5 Å². The Balaban J connectivity index is 1.82. The molecule has 1 saturated heterocycles. The van der Waals surface area contributed by atoms with Gasteiger partial charge in [-0.3, -0.25) is 4.79 Å². The molecular weight excluding hydrogens is 216 g/mol. The molecule has 0 aromatic heterocycles. The van der Waals surface area contributed by atoms with E-state index in [0.717, 1.165) is 38.4 Å². The van der Waals surface area contributed by atoms with E-state index < -0.39 is 0 Å². The molecule has 0 radical (unpaired) electrons. The minimum Gasteiger partial charge on any atom is -0.357 e. The van der Waals surface area contributed by atoms with Gasteiger partial charge >= 0.3 is 0 Å². The Morgan fingerprint density at radius 1 is 1.35 bits per heavy atom. The minimum atomic E-state index is 0.0436. The van der Waals surface area contributed by atoms with Crippen LogP contribution in [0.2, 0.25) is 0 Å². The molecule has 0 spiro atoms. The first-order valence-corrected chi connectivity index (χ1v) is 6.62. The van der Waals surface area contributed by atoms with Gasteiger partial charge in [0.1, 0.15) is 6.54 Å². The molecule has 96 valence electrons. The highest BCUT2D eigenvalue weighted by molar-refractivity contribution is 5.85. The highest BCUT2D eigenvalue weighted by Gasteiger charge is 2.23. The van der Waals surface area contributed by atoms with E-state index in [1.807, 2.05) is 0 Å². The van der Waals surface area contributed by atoms with E-state index >= 15 is 0 Å². The summed E-state index contributed by atoms with van der Waals surface area (Å²) < 4.78 is 0. The Morgan fingerprint density at radius 2 is 2.06 bits per heavy atom. The molecule has 5 heteroatoms. The van der Waals surface area contributed by atoms with Crippen LogP contribution in [-0.2, 0) is 4.79 Å². The Kier molecular flexibility index (Phi) is 4.23. The van der Waals surface area contributed by atoms with Gasteiger partial charge in [0.25, 0.3) is 0 Å². The summed E-state index contributed by atoms with van der Waals surface area (Å²) in [5.74, 6) is 0.929. The maximum atomic E-state index is 11.6. The zero-order valence-electron chi connectivity index (χ0n) is 10.5. The third-order valence-electron chi connectivity index (χ3n) is 3.06. The van der Waals surface area contributed by atoms with Gasteiger partial charge in [-0.15, -0.1) is 0 Å². The van der Waals surface area contributed by atoms with Crippen molar-refractivity contribution < 1.29 is 4.79 Å². The summed E-state index contributed by atoms with van der Waals surface area (Å²) >= 11 is 0. The molecule has 1 amide bonds. The maximum absolute atomic E-state index is 11.6. The highest BCUT2D eigenvalue weighted by atomic mass is 16.2. The number of aliphatic imine (C=N–C) groups is 1. The van der Waals surface area contributed by atoms with Gasteiger partial charge in [0.2, 0.25) is 5.91 Å². The second-order valence-corrected chi connectivity index (χ2v) is 4.71. The van der Waals surface area contributed by atoms with Gasteiger partial charge in [0, 0.05) is 25.7 Å². The molecule has 2 aliphatic rings. The zero-order chi connectivity index (χ0) is 12.1. The van der Waals surface area contributed by atoms with Crippen molar-refractivity contribution in [2.24, 2.45) is 4.99 Å². The van der Waals surface area contributed by atoms with E-state index in [0.29, 0.717) is 6.04 Å². The average Bonchev–Trinajstić information content (AvgIpc) is 2.96. The van der Waals surface area contributed by atoms with Gasteiger partial charge in [-0.1, -0.05) is 0 Å². The van der Waals surface area contributed by atoms with E-state index in [-0.39, 0.29) is 12.5 Å². The first kappa shape index (κ1) is 12.2. The fourth-order valence-electron chi connectivity index (χ4n) is 2.00. The quantitative estimate of drug-likeness (QED) is 0.548. The molecule has 5 nitrogen and oxygen atoms in total. The van der Waals surface area contributed by atoms with Gasteiger partial charge in [0.05, 0.1) is 0 Å². The summed E-state index contributed by atoms with van der Waals surface area (Å²) in [6, 6.07) is 0.423. The van der Waals surface area contributed by atoms with Crippen molar-refractivity contribution in [1.29, 1.82) is 0 Å². The summed E-state index contributed by atoms with van der Waals surface area (Å²) in [7, 11) is 0. The molecule has 0 bridgehead atoms. The van der Waals surface area contributed by atoms with E-state index in [1.54, 1.807) is 0 Å². The van der Waals surface area contributed by atoms with E-state index in [1.165, 1.54) is 12.8 Å². The topological polar surface area (TPSA) is 56.7 Å². The summed E-state index contributed by atoms with van der Waals surface area (Å²) in [4.78, 5) is 18.2. The summed E-state index contributed by atoms with van der Waals surface area (Å²) in [5.41, 5.74) is 0. The summed E-state index contributed by atoms with van der Waals surface area (Å²) in [6.07, 6.45) is 4.70. The first-order valence-electron chi connectivity index (χ1n) is 6.62. The number of nitrogens with one attached hydrogen (secondary N) is 2. The van der Waals surface area contributed by atoms with Gasteiger partial charge < -0.3 is 15.5 Å². The van der Waals surface area contributed by atoms with Gasteiger partial charge in [-0.2, -0.15) is 0 Å². The molecule has 2 fully saturated rings. The fraction of sp³-hybridized carbons (Fsp3) is 0.833. The van der Waals surface area contributed by atoms with Crippen LogP contribution in [0.3, 0.4) is 0 Å². The Bertz CT molecular complexity index is 293. The second-order valence-electron chi connectivity index (χ2n) is 4.71. The number of nitrogens with zero attached hydrogens (tertiary/aromatic N) is 2. The van der Waals surface area contributed by atoms with Crippen molar-refractivity contribution in [2.45, 2.75) is 38.6 Å². The Labute approximate surface area is 103 Å². The van der Waals surface area contributed by atoms with E-state index in [9.17, 15) is 4.79 Å². The van der Waals surface area contributed by atoms with Crippen LogP contribution >= 0.6 is 0 Å². The number of amides is 1. The van der Waals surface area contributed by atoms with Crippen molar-refractivity contribution in [2.75, 3.05) is 26.2 Å². The molecule has 0 aromatic carbocycles. The molecular formula is C12H22N4O. The third kappa shape index (κ3) is 3.91. The number of likely N-dealkylation sites (tertiary alicyclic amines) is 1. The number of carbonyl (C=O) groups excluding carboxylic acids is 1.